The first-order valence-electron chi connectivity index (χ1n) is 11.1. The Morgan fingerprint density at radius 1 is 0.861 bits per heavy atom. The van der Waals surface area contributed by atoms with E-state index in [1.54, 1.807) is 16.9 Å². The van der Waals surface area contributed by atoms with Gasteiger partial charge < -0.3 is 9.15 Å². The number of hydrogen-bond donors (Lipinski definition) is 0. The summed E-state index contributed by atoms with van der Waals surface area (Å²) in [5.41, 5.74) is 3.28. The van der Waals surface area contributed by atoms with E-state index in [-0.39, 0.29) is 0 Å². The lowest BCUT2D eigenvalue weighted by Crippen LogP contribution is -2.22. The van der Waals surface area contributed by atoms with Crippen molar-refractivity contribution in [2.24, 2.45) is 0 Å². The average Bonchev–Trinajstić information content (AvgIpc) is 3.33. The van der Waals surface area contributed by atoms with Crippen molar-refractivity contribution in [1.82, 2.24) is 19.6 Å². The minimum Gasteiger partial charge on any atom is -0.437 e. The highest BCUT2D eigenvalue weighted by Gasteiger charge is 2.38. The summed E-state index contributed by atoms with van der Waals surface area (Å²) in [5.74, 6) is 0.794. The van der Waals surface area contributed by atoms with E-state index in [0.29, 0.717) is 45.2 Å². The lowest BCUT2D eigenvalue weighted by Gasteiger charge is -2.27. The van der Waals surface area contributed by atoms with Gasteiger partial charge in [0.15, 0.2) is 17.2 Å². The van der Waals surface area contributed by atoms with Crippen LogP contribution in [0.4, 0.5) is 0 Å². The summed E-state index contributed by atoms with van der Waals surface area (Å²) >= 11 is 7.27. The molecule has 9 heteroatoms. The summed E-state index contributed by atoms with van der Waals surface area (Å²) in [5, 5.41) is 5.38. The molecule has 7 nitrogen and oxygen atoms in total. The first kappa shape index (κ1) is 21.5. The highest BCUT2D eigenvalue weighted by molar-refractivity contribution is 9.10. The number of para-hydroxylation sites is 1. The molecular weight excluding hydrogens is 588 g/mol. The van der Waals surface area contributed by atoms with Gasteiger partial charge in [0, 0.05) is 14.5 Å². The van der Waals surface area contributed by atoms with Crippen molar-refractivity contribution < 1.29 is 9.15 Å². The van der Waals surface area contributed by atoms with E-state index in [1.807, 2.05) is 66.7 Å². The standard InChI is InChI=1S/C27H14Br2N4O3/c28-17-10-4-1-7-14(17)20-21-23(16-9-3-6-12-19(16)35-27(21)34)36-26-22(20)25-31-24(32-33(25)13-30-26)15-8-2-5-11-18(15)29/h1-13,20H. The molecule has 0 aliphatic carbocycles. The third kappa shape index (κ3) is 3.16. The molecule has 0 spiro atoms. The van der Waals surface area contributed by atoms with Crippen molar-refractivity contribution in [2.75, 3.05) is 0 Å². The fourth-order valence-electron chi connectivity index (χ4n) is 4.71. The molecule has 1 atom stereocenters. The zero-order valence-corrected chi connectivity index (χ0v) is 21.5. The summed E-state index contributed by atoms with van der Waals surface area (Å²) < 4.78 is 15.4. The molecule has 1 unspecified atom stereocenters. The second-order valence-electron chi connectivity index (χ2n) is 8.33. The monoisotopic (exact) mass is 600 g/mol. The highest BCUT2D eigenvalue weighted by atomic mass is 79.9. The molecule has 3 aromatic carbocycles. The van der Waals surface area contributed by atoms with E-state index in [4.69, 9.17) is 14.1 Å². The van der Waals surface area contributed by atoms with E-state index < -0.39 is 11.5 Å². The van der Waals surface area contributed by atoms with Gasteiger partial charge in [0.2, 0.25) is 5.88 Å². The van der Waals surface area contributed by atoms with Crippen LogP contribution >= 0.6 is 31.9 Å². The molecular formula is C27H14Br2N4O3. The molecule has 6 aromatic rings. The summed E-state index contributed by atoms with van der Waals surface area (Å²) in [6.45, 7) is 0. The molecule has 36 heavy (non-hydrogen) atoms. The zero-order chi connectivity index (χ0) is 24.4. The molecule has 0 amide bonds. The first-order chi connectivity index (χ1) is 17.6. The number of aromatic nitrogens is 4. The third-order valence-electron chi connectivity index (χ3n) is 6.29. The molecule has 4 heterocycles. The van der Waals surface area contributed by atoms with Crippen molar-refractivity contribution in [2.45, 2.75) is 5.92 Å². The Balaban J connectivity index is 1.57. The fraction of sp³-hybridized carbons (Fsp3) is 0.0370. The van der Waals surface area contributed by atoms with E-state index in [0.717, 1.165) is 20.1 Å². The second kappa shape index (κ2) is 8.11. The summed E-state index contributed by atoms with van der Waals surface area (Å²) in [6, 6.07) is 22.8. The molecule has 0 fully saturated rings. The predicted octanol–water partition coefficient (Wildman–Crippen LogP) is 6.71. The van der Waals surface area contributed by atoms with Gasteiger partial charge in [-0.3, -0.25) is 0 Å². The predicted molar refractivity (Wildman–Crippen MR) is 142 cm³/mol. The Morgan fingerprint density at radius 3 is 2.44 bits per heavy atom. The van der Waals surface area contributed by atoms with Gasteiger partial charge >= 0.3 is 5.63 Å². The smallest absolute Gasteiger partial charge is 0.344 e. The van der Waals surface area contributed by atoms with Gasteiger partial charge in [0.25, 0.3) is 0 Å². The van der Waals surface area contributed by atoms with E-state index >= 15 is 0 Å². The zero-order valence-electron chi connectivity index (χ0n) is 18.4. The van der Waals surface area contributed by atoms with Gasteiger partial charge in [0.05, 0.1) is 22.4 Å². The molecule has 3 aromatic heterocycles. The molecule has 174 valence electrons. The maximum absolute atomic E-state index is 13.5. The van der Waals surface area contributed by atoms with Gasteiger partial charge in [-0.2, -0.15) is 0 Å². The van der Waals surface area contributed by atoms with Crippen LogP contribution in [0.15, 0.2) is 97.3 Å². The molecule has 1 aliphatic heterocycles. The SMILES string of the molecule is O=c1oc2ccccc2c2c1C(c1ccccc1Br)c1c(ncn3nc(-c4ccccc4Br)nc13)O2. The van der Waals surface area contributed by atoms with Crippen LogP contribution in [0, 0.1) is 0 Å². The average molecular weight is 602 g/mol. The van der Waals surface area contributed by atoms with E-state index in [2.05, 4.69) is 41.9 Å². The lowest BCUT2D eigenvalue weighted by atomic mass is 9.84. The van der Waals surface area contributed by atoms with Crippen LogP contribution in [0.2, 0.25) is 0 Å². The van der Waals surface area contributed by atoms with Crippen LogP contribution in [0.3, 0.4) is 0 Å². The normalized spacial score (nSPS) is 14.4. The number of nitrogens with zero attached hydrogens (tertiary/aromatic N) is 4. The van der Waals surface area contributed by atoms with Gasteiger partial charge in [-0.25, -0.2) is 19.3 Å². The van der Waals surface area contributed by atoms with Gasteiger partial charge in [-0.15, -0.1) is 5.10 Å². The Labute approximate surface area is 220 Å². The van der Waals surface area contributed by atoms with Gasteiger partial charge in [0.1, 0.15) is 11.9 Å². The van der Waals surface area contributed by atoms with Crippen molar-refractivity contribution >= 4 is 48.5 Å². The number of rotatable bonds is 2. The number of hydrogen-bond acceptors (Lipinski definition) is 6. The quantitative estimate of drug-likeness (QED) is 0.205. The molecule has 0 radical (unpaired) electrons. The van der Waals surface area contributed by atoms with Gasteiger partial charge in [-0.05, 0) is 35.9 Å². The van der Waals surface area contributed by atoms with Crippen LogP contribution in [-0.2, 0) is 0 Å². The van der Waals surface area contributed by atoms with E-state index in [1.165, 1.54) is 0 Å². The molecule has 0 bridgehead atoms. The number of fused-ring (bicyclic) bond motifs is 6. The van der Waals surface area contributed by atoms with Crippen LogP contribution < -0.4 is 10.4 Å². The first-order valence-corrected chi connectivity index (χ1v) is 12.7. The summed E-state index contributed by atoms with van der Waals surface area (Å²) in [6.07, 6.45) is 1.58. The summed E-state index contributed by atoms with van der Waals surface area (Å²) in [7, 11) is 0. The van der Waals surface area contributed by atoms with Crippen molar-refractivity contribution in [3.05, 3.63) is 115 Å². The van der Waals surface area contributed by atoms with Crippen LogP contribution in [0.5, 0.6) is 11.6 Å². The van der Waals surface area contributed by atoms with Crippen molar-refractivity contribution in [3.8, 4) is 23.0 Å². The minimum atomic E-state index is -0.548. The van der Waals surface area contributed by atoms with Gasteiger partial charge in [-0.1, -0.05) is 74.3 Å². The highest BCUT2D eigenvalue weighted by Crippen LogP contribution is 2.50. The second-order valence-corrected chi connectivity index (χ2v) is 10.0. The molecule has 0 saturated carbocycles. The van der Waals surface area contributed by atoms with Crippen molar-refractivity contribution in [1.29, 1.82) is 0 Å². The third-order valence-corrected chi connectivity index (χ3v) is 7.71. The minimum absolute atomic E-state index is 0.373. The largest absolute Gasteiger partial charge is 0.437 e. The Kier molecular flexibility index (Phi) is 4.83. The number of ether oxygens (including phenoxy) is 1. The maximum Gasteiger partial charge on any atom is 0.344 e. The fourth-order valence-corrected chi connectivity index (χ4v) is 5.68. The number of benzene rings is 3. The molecule has 1 aliphatic rings. The summed E-state index contributed by atoms with van der Waals surface area (Å²) in [4.78, 5) is 22.9. The Morgan fingerprint density at radius 2 is 1.61 bits per heavy atom. The Hall–Kier alpha value is -3.82. The molecule has 0 N–H and O–H groups in total. The van der Waals surface area contributed by atoms with E-state index in [9.17, 15) is 4.79 Å². The molecule has 0 saturated heterocycles. The van der Waals surface area contributed by atoms with Crippen LogP contribution in [0.1, 0.15) is 22.6 Å². The van der Waals surface area contributed by atoms with Crippen molar-refractivity contribution in [3.63, 3.8) is 0 Å². The van der Waals surface area contributed by atoms with Crippen LogP contribution in [-0.4, -0.2) is 19.6 Å². The maximum atomic E-state index is 13.5. The number of halogens is 2. The van der Waals surface area contributed by atoms with Crippen LogP contribution in [0.25, 0.3) is 28.0 Å². The molecule has 7 rings (SSSR count). The Bertz CT molecular complexity index is 1900. The lowest BCUT2D eigenvalue weighted by molar-refractivity contribution is 0.422. The topological polar surface area (TPSA) is 82.5 Å².